The van der Waals surface area contributed by atoms with Crippen LogP contribution in [0.1, 0.15) is 24.2 Å². The lowest BCUT2D eigenvalue weighted by Crippen LogP contribution is -2.35. The molecule has 0 amide bonds. The topological polar surface area (TPSA) is 106 Å². The molecule has 0 aliphatic rings. The van der Waals surface area contributed by atoms with Crippen molar-refractivity contribution in [2.24, 2.45) is 0 Å². The van der Waals surface area contributed by atoms with Gasteiger partial charge in [0.05, 0.1) is 10.5 Å². The predicted molar refractivity (Wildman–Crippen MR) is 65.7 cm³/mol. The second kappa shape index (κ2) is 5.31. The van der Waals surface area contributed by atoms with E-state index in [1.54, 1.807) is 0 Å². The van der Waals surface area contributed by atoms with Crippen molar-refractivity contribution < 1.29 is 27.9 Å². The Morgan fingerprint density at radius 1 is 1.11 bits per heavy atom. The summed E-state index contributed by atoms with van der Waals surface area (Å²) in [6.07, 6.45) is 0. The van der Waals surface area contributed by atoms with Crippen LogP contribution < -0.4 is 0 Å². The Hall–Kier alpha value is -2.02. The van der Waals surface area contributed by atoms with Gasteiger partial charge < -0.3 is 5.11 Å². The Morgan fingerprint density at radius 3 is 2.05 bits per heavy atom. The van der Waals surface area contributed by atoms with Crippen LogP contribution in [-0.4, -0.2) is 36.3 Å². The average molecular weight is 284 g/mol. The fourth-order valence-corrected chi connectivity index (χ4v) is 3.37. The first kappa shape index (κ1) is 15.0. The number of carboxylic acid groups (broad SMARTS) is 1. The maximum absolute atomic E-state index is 12.2. The number of ketones is 2. The summed E-state index contributed by atoms with van der Waals surface area (Å²) in [5.74, 6) is -2.89. The zero-order valence-electron chi connectivity index (χ0n) is 10.3. The molecule has 0 saturated carbocycles. The number of carbonyl (C=O) groups excluding carboxylic acids is 2. The van der Waals surface area contributed by atoms with Gasteiger partial charge in [-0.2, -0.15) is 0 Å². The fraction of sp³-hybridized carbons (Fsp3) is 0.250. The number of carbonyl (C=O) groups is 3. The van der Waals surface area contributed by atoms with Gasteiger partial charge in [-0.3, -0.25) is 9.59 Å². The van der Waals surface area contributed by atoms with E-state index < -0.39 is 32.6 Å². The second-order valence-electron chi connectivity index (χ2n) is 3.98. The van der Waals surface area contributed by atoms with Gasteiger partial charge in [0.25, 0.3) is 0 Å². The number of benzene rings is 1. The van der Waals surface area contributed by atoms with Crippen molar-refractivity contribution in [3.63, 3.8) is 0 Å². The van der Waals surface area contributed by atoms with Crippen LogP contribution in [0.5, 0.6) is 0 Å². The van der Waals surface area contributed by atoms with E-state index in [1.165, 1.54) is 12.1 Å². The molecule has 0 aliphatic carbocycles. The van der Waals surface area contributed by atoms with E-state index in [4.69, 9.17) is 5.11 Å². The Labute approximate surface area is 110 Å². The van der Waals surface area contributed by atoms with Gasteiger partial charge in [0.15, 0.2) is 26.7 Å². The lowest BCUT2D eigenvalue weighted by molar-refractivity contribution is -0.124. The van der Waals surface area contributed by atoms with E-state index in [-0.39, 0.29) is 10.5 Å². The minimum Gasteiger partial charge on any atom is -0.478 e. The summed E-state index contributed by atoms with van der Waals surface area (Å²) in [6.45, 7) is 2.01. The number of hydrogen-bond acceptors (Lipinski definition) is 5. The third-order valence-corrected chi connectivity index (χ3v) is 4.65. The number of hydrogen-bond donors (Lipinski definition) is 1. The van der Waals surface area contributed by atoms with Crippen molar-refractivity contribution in [2.75, 3.05) is 0 Å². The van der Waals surface area contributed by atoms with Crippen LogP contribution in [0.4, 0.5) is 0 Å². The molecule has 19 heavy (non-hydrogen) atoms. The van der Waals surface area contributed by atoms with E-state index in [2.05, 4.69) is 0 Å². The van der Waals surface area contributed by atoms with Gasteiger partial charge in [0.2, 0.25) is 0 Å². The lowest BCUT2D eigenvalue weighted by atomic mass is 10.2. The van der Waals surface area contributed by atoms with Gasteiger partial charge >= 0.3 is 5.97 Å². The van der Waals surface area contributed by atoms with Gasteiger partial charge in [-0.1, -0.05) is 6.07 Å². The van der Waals surface area contributed by atoms with Crippen molar-refractivity contribution in [3.05, 3.63) is 29.8 Å². The molecule has 6 nitrogen and oxygen atoms in total. The first-order valence-corrected chi connectivity index (χ1v) is 6.80. The Morgan fingerprint density at radius 2 is 1.63 bits per heavy atom. The third-order valence-electron chi connectivity index (χ3n) is 2.46. The summed E-state index contributed by atoms with van der Waals surface area (Å²) in [7, 11) is -4.22. The first-order valence-electron chi connectivity index (χ1n) is 5.26. The smallest absolute Gasteiger partial charge is 0.335 e. The lowest BCUT2D eigenvalue weighted by Gasteiger charge is -2.12. The summed E-state index contributed by atoms with van der Waals surface area (Å²) in [5.41, 5.74) is -0.230. The molecule has 0 fully saturated rings. The minimum atomic E-state index is -4.22. The molecule has 0 heterocycles. The van der Waals surface area contributed by atoms with Crippen molar-refractivity contribution in [1.29, 1.82) is 0 Å². The van der Waals surface area contributed by atoms with E-state index in [1.807, 2.05) is 0 Å². The van der Waals surface area contributed by atoms with Crippen molar-refractivity contribution >= 4 is 27.4 Å². The molecular formula is C12H12O6S. The SMILES string of the molecule is CC(=O)C(C(C)=O)S(=O)(=O)c1cccc(C(=O)O)c1. The fourth-order valence-electron chi connectivity index (χ4n) is 1.67. The molecule has 1 aromatic rings. The largest absolute Gasteiger partial charge is 0.478 e. The standard InChI is InChI=1S/C12H12O6S/c1-7(13)11(8(2)14)19(17,18)10-5-3-4-9(6-10)12(15)16/h3-6,11H,1-2H3,(H,15,16). The molecule has 0 atom stereocenters. The van der Waals surface area contributed by atoms with Crippen LogP contribution in [0.3, 0.4) is 0 Å². The third kappa shape index (κ3) is 3.05. The highest BCUT2D eigenvalue weighted by atomic mass is 32.2. The molecule has 0 spiro atoms. The van der Waals surface area contributed by atoms with Gasteiger partial charge in [-0.25, -0.2) is 13.2 Å². The van der Waals surface area contributed by atoms with Gasteiger partial charge in [-0.05, 0) is 32.0 Å². The summed E-state index contributed by atoms with van der Waals surface area (Å²) >= 11 is 0. The van der Waals surface area contributed by atoms with Crippen molar-refractivity contribution in [1.82, 2.24) is 0 Å². The highest BCUT2D eigenvalue weighted by Crippen LogP contribution is 2.19. The highest BCUT2D eigenvalue weighted by molar-refractivity contribution is 7.93. The molecule has 102 valence electrons. The molecule has 7 heteroatoms. The minimum absolute atomic E-state index is 0.230. The van der Waals surface area contributed by atoms with Crippen LogP contribution in [0.2, 0.25) is 0 Å². The van der Waals surface area contributed by atoms with Crippen LogP contribution in [-0.2, 0) is 19.4 Å². The molecule has 0 unspecified atom stereocenters. The Bertz CT molecular complexity index is 630. The summed E-state index contributed by atoms with van der Waals surface area (Å²) in [5, 5.41) is 7.01. The van der Waals surface area contributed by atoms with Crippen LogP contribution in [0.15, 0.2) is 29.2 Å². The van der Waals surface area contributed by atoms with Crippen molar-refractivity contribution in [3.8, 4) is 0 Å². The number of rotatable bonds is 5. The Balaban J connectivity index is 3.42. The Kier molecular flexibility index (Phi) is 4.21. The van der Waals surface area contributed by atoms with E-state index in [0.29, 0.717) is 0 Å². The molecular weight excluding hydrogens is 272 g/mol. The van der Waals surface area contributed by atoms with E-state index in [9.17, 15) is 22.8 Å². The molecule has 1 N–H and O–H groups in total. The normalized spacial score (nSPS) is 11.3. The summed E-state index contributed by atoms with van der Waals surface area (Å²) in [4.78, 5) is 33.0. The zero-order valence-corrected chi connectivity index (χ0v) is 11.1. The van der Waals surface area contributed by atoms with E-state index in [0.717, 1.165) is 26.0 Å². The molecule has 0 aliphatic heterocycles. The van der Waals surface area contributed by atoms with Crippen LogP contribution in [0, 0.1) is 0 Å². The maximum Gasteiger partial charge on any atom is 0.335 e. The second-order valence-corrected chi connectivity index (χ2v) is 6.01. The van der Waals surface area contributed by atoms with Gasteiger partial charge in [0, 0.05) is 0 Å². The molecule has 0 aromatic heterocycles. The maximum atomic E-state index is 12.2. The number of carboxylic acids is 1. The van der Waals surface area contributed by atoms with Crippen LogP contribution in [0.25, 0.3) is 0 Å². The summed E-state index contributed by atoms with van der Waals surface area (Å²) < 4.78 is 24.3. The van der Waals surface area contributed by atoms with Crippen LogP contribution >= 0.6 is 0 Å². The average Bonchev–Trinajstić information content (AvgIpc) is 2.27. The van der Waals surface area contributed by atoms with Gasteiger partial charge in [-0.15, -0.1) is 0 Å². The molecule has 0 saturated heterocycles. The molecule has 1 rings (SSSR count). The van der Waals surface area contributed by atoms with Gasteiger partial charge in [0.1, 0.15) is 0 Å². The quantitative estimate of drug-likeness (QED) is 0.798. The molecule has 1 aromatic carbocycles. The number of sulfone groups is 1. The highest BCUT2D eigenvalue weighted by Gasteiger charge is 2.35. The summed E-state index contributed by atoms with van der Waals surface area (Å²) in [6, 6.07) is 4.54. The first-order chi connectivity index (χ1) is 8.67. The molecule has 0 radical (unpaired) electrons. The predicted octanol–water partition coefficient (Wildman–Crippen LogP) is 0.705. The van der Waals surface area contributed by atoms with E-state index >= 15 is 0 Å². The zero-order chi connectivity index (χ0) is 14.8. The van der Waals surface area contributed by atoms with Crippen molar-refractivity contribution in [2.45, 2.75) is 24.0 Å². The monoisotopic (exact) mass is 284 g/mol. The number of aromatic carboxylic acids is 1. The molecule has 0 bridgehead atoms. The number of Topliss-reactive ketones (excluding diaryl/α,β-unsaturated/α-hetero) is 2.